The van der Waals surface area contributed by atoms with Crippen LogP contribution >= 0.6 is 0 Å². The summed E-state index contributed by atoms with van der Waals surface area (Å²) in [6, 6.07) is 20.8. The molecule has 1 aliphatic rings. The van der Waals surface area contributed by atoms with Crippen LogP contribution in [0, 0.1) is 0 Å². The van der Waals surface area contributed by atoms with Crippen LogP contribution in [0.15, 0.2) is 60.7 Å². The fourth-order valence-electron chi connectivity index (χ4n) is 3.58. The molecule has 3 heteroatoms. The Morgan fingerprint density at radius 1 is 1.04 bits per heavy atom. The number of ether oxygens (including phenoxy) is 1. The van der Waals surface area contributed by atoms with Crippen LogP contribution < -0.4 is 10.1 Å². The van der Waals surface area contributed by atoms with Crippen LogP contribution in [0.3, 0.4) is 0 Å². The first-order valence-electron chi connectivity index (χ1n) is 8.34. The molecule has 4 rings (SSSR count). The monoisotopic (exact) mass is 319 g/mol. The molecule has 1 heterocycles. The Kier molecular flexibility index (Phi) is 3.87. The molecular weight excluding hydrogens is 298 g/mol. The lowest BCUT2D eigenvalue weighted by molar-refractivity contribution is 0.161. The maximum Gasteiger partial charge on any atom is 0.119 e. The van der Waals surface area contributed by atoms with Crippen LogP contribution in [-0.4, -0.2) is 18.3 Å². The molecule has 0 radical (unpaired) electrons. The maximum atomic E-state index is 10.5. The molecule has 24 heavy (non-hydrogen) atoms. The SMILES string of the molecule is COc1cccc([C@@H]2C[C@H](O)Cc3ccc4ccccc4c3N2)c1. The Hall–Kier alpha value is -2.52. The van der Waals surface area contributed by atoms with E-state index in [0.717, 1.165) is 17.0 Å². The first-order chi connectivity index (χ1) is 11.7. The highest BCUT2D eigenvalue weighted by atomic mass is 16.5. The predicted molar refractivity (Wildman–Crippen MR) is 97.6 cm³/mol. The minimum atomic E-state index is -0.365. The quantitative estimate of drug-likeness (QED) is 0.739. The molecule has 0 saturated carbocycles. The normalized spacial score (nSPS) is 20.1. The fourth-order valence-corrected chi connectivity index (χ4v) is 3.58. The topological polar surface area (TPSA) is 41.5 Å². The standard InChI is InChI=1S/C21H21NO2/c1-24-18-7-4-6-15(12-18)20-13-17(23)11-16-10-9-14-5-2-3-8-19(14)21(16)22-20/h2-10,12,17,20,22-23H,11,13H2,1H3/t17-,20+/m1/s1. The van der Waals surface area contributed by atoms with Crippen molar-refractivity contribution in [2.24, 2.45) is 0 Å². The zero-order valence-electron chi connectivity index (χ0n) is 13.7. The molecule has 1 aliphatic heterocycles. The van der Waals surface area contributed by atoms with E-state index in [1.54, 1.807) is 7.11 Å². The smallest absolute Gasteiger partial charge is 0.119 e. The van der Waals surface area contributed by atoms with Crippen molar-refractivity contribution in [2.75, 3.05) is 12.4 Å². The molecule has 0 amide bonds. The number of anilines is 1. The van der Waals surface area contributed by atoms with E-state index in [1.807, 2.05) is 18.2 Å². The maximum absolute atomic E-state index is 10.5. The molecule has 2 atom stereocenters. The molecule has 0 unspecified atom stereocenters. The summed E-state index contributed by atoms with van der Waals surface area (Å²) >= 11 is 0. The highest BCUT2D eigenvalue weighted by molar-refractivity contribution is 5.95. The van der Waals surface area contributed by atoms with Gasteiger partial charge in [-0.05, 0) is 35.1 Å². The van der Waals surface area contributed by atoms with Crippen molar-refractivity contribution in [3.05, 3.63) is 71.8 Å². The Morgan fingerprint density at radius 2 is 1.92 bits per heavy atom. The van der Waals surface area contributed by atoms with E-state index >= 15 is 0 Å². The second-order valence-electron chi connectivity index (χ2n) is 6.39. The lowest BCUT2D eigenvalue weighted by Gasteiger charge is -2.21. The third-order valence-corrected chi connectivity index (χ3v) is 4.79. The van der Waals surface area contributed by atoms with Gasteiger partial charge in [0, 0.05) is 17.5 Å². The molecule has 0 fully saturated rings. The first kappa shape index (κ1) is 15.0. The molecule has 0 spiro atoms. The lowest BCUT2D eigenvalue weighted by Crippen LogP contribution is -2.16. The van der Waals surface area contributed by atoms with Crippen LogP contribution in [-0.2, 0) is 6.42 Å². The third-order valence-electron chi connectivity index (χ3n) is 4.79. The summed E-state index contributed by atoms with van der Waals surface area (Å²) in [6.07, 6.45) is 0.986. The Bertz CT molecular complexity index is 875. The molecule has 122 valence electrons. The Balaban J connectivity index is 1.81. The van der Waals surface area contributed by atoms with Crippen molar-refractivity contribution in [2.45, 2.75) is 25.0 Å². The van der Waals surface area contributed by atoms with E-state index in [2.05, 4.69) is 47.8 Å². The first-order valence-corrected chi connectivity index (χ1v) is 8.34. The Morgan fingerprint density at radius 3 is 2.79 bits per heavy atom. The minimum absolute atomic E-state index is 0.0576. The summed E-state index contributed by atoms with van der Waals surface area (Å²) in [5.41, 5.74) is 3.44. The number of fused-ring (bicyclic) bond motifs is 3. The predicted octanol–water partition coefficient (Wildman–Crippen LogP) is 4.31. The van der Waals surface area contributed by atoms with Gasteiger partial charge in [0.15, 0.2) is 0 Å². The largest absolute Gasteiger partial charge is 0.497 e. The molecule has 3 nitrogen and oxygen atoms in total. The molecular formula is C21H21NO2. The van der Waals surface area contributed by atoms with Gasteiger partial charge in [-0.2, -0.15) is 0 Å². The zero-order chi connectivity index (χ0) is 16.5. The van der Waals surface area contributed by atoms with Gasteiger partial charge in [0.1, 0.15) is 5.75 Å². The number of hydrogen-bond donors (Lipinski definition) is 2. The molecule has 0 saturated heterocycles. The summed E-state index contributed by atoms with van der Waals surface area (Å²) < 4.78 is 5.35. The molecule has 0 bridgehead atoms. The van der Waals surface area contributed by atoms with E-state index in [-0.39, 0.29) is 12.1 Å². The van der Waals surface area contributed by atoms with Crippen LogP contribution in [0.2, 0.25) is 0 Å². The molecule has 3 aromatic carbocycles. The van der Waals surface area contributed by atoms with Crippen molar-refractivity contribution < 1.29 is 9.84 Å². The third kappa shape index (κ3) is 2.72. The van der Waals surface area contributed by atoms with Crippen LogP contribution in [0.25, 0.3) is 10.8 Å². The number of methoxy groups -OCH3 is 1. The lowest BCUT2D eigenvalue weighted by atomic mass is 9.99. The van der Waals surface area contributed by atoms with Crippen molar-refractivity contribution in [1.29, 1.82) is 0 Å². The second-order valence-corrected chi connectivity index (χ2v) is 6.39. The van der Waals surface area contributed by atoms with Crippen molar-refractivity contribution in [3.63, 3.8) is 0 Å². The van der Waals surface area contributed by atoms with Gasteiger partial charge in [0.25, 0.3) is 0 Å². The van der Waals surface area contributed by atoms with Crippen molar-refractivity contribution >= 4 is 16.5 Å². The number of aliphatic hydroxyl groups is 1. The summed E-state index contributed by atoms with van der Waals surface area (Å²) in [5.74, 6) is 0.839. The van der Waals surface area contributed by atoms with Gasteiger partial charge in [-0.25, -0.2) is 0 Å². The zero-order valence-corrected chi connectivity index (χ0v) is 13.7. The average Bonchev–Trinajstić information content (AvgIpc) is 2.80. The summed E-state index contributed by atoms with van der Waals surface area (Å²) in [6.45, 7) is 0. The summed E-state index contributed by atoms with van der Waals surface area (Å²) in [4.78, 5) is 0. The number of rotatable bonds is 2. The van der Waals surface area contributed by atoms with Gasteiger partial charge in [-0.1, -0.05) is 48.5 Å². The molecule has 2 N–H and O–H groups in total. The minimum Gasteiger partial charge on any atom is -0.497 e. The summed E-state index contributed by atoms with van der Waals surface area (Å²) in [5, 5.41) is 16.6. The highest BCUT2D eigenvalue weighted by Gasteiger charge is 2.24. The van der Waals surface area contributed by atoms with E-state index < -0.39 is 0 Å². The summed E-state index contributed by atoms with van der Waals surface area (Å²) in [7, 11) is 1.68. The van der Waals surface area contributed by atoms with Crippen LogP contribution in [0.5, 0.6) is 5.75 Å². The van der Waals surface area contributed by atoms with E-state index in [4.69, 9.17) is 4.74 Å². The van der Waals surface area contributed by atoms with Crippen LogP contribution in [0.1, 0.15) is 23.6 Å². The number of nitrogens with one attached hydrogen (secondary N) is 1. The average molecular weight is 319 g/mol. The molecule has 0 aromatic heterocycles. The number of aliphatic hydroxyl groups excluding tert-OH is 1. The van der Waals surface area contributed by atoms with Gasteiger partial charge < -0.3 is 15.2 Å². The van der Waals surface area contributed by atoms with Gasteiger partial charge in [0.2, 0.25) is 0 Å². The second kappa shape index (κ2) is 6.17. The van der Waals surface area contributed by atoms with Crippen molar-refractivity contribution in [1.82, 2.24) is 0 Å². The van der Waals surface area contributed by atoms with E-state index in [9.17, 15) is 5.11 Å². The van der Waals surface area contributed by atoms with Gasteiger partial charge in [-0.15, -0.1) is 0 Å². The fraction of sp³-hybridized carbons (Fsp3) is 0.238. The van der Waals surface area contributed by atoms with E-state index in [0.29, 0.717) is 12.8 Å². The number of benzene rings is 3. The molecule has 0 aliphatic carbocycles. The highest BCUT2D eigenvalue weighted by Crippen LogP contribution is 2.37. The van der Waals surface area contributed by atoms with Crippen LogP contribution in [0.4, 0.5) is 5.69 Å². The van der Waals surface area contributed by atoms with Gasteiger partial charge in [0.05, 0.1) is 19.3 Å². The number of hydrogen-bond acceptors (Lipinski definition) is 3. The Labute approximate surface area is 141 Å². The molecule has 3 aromatic rings. The van der Waals surface area contributed by atoms with Crippen molar-refractivity contribution in [3.8, 4) is 5.75 Å². The van der Waals surface area contributed by atoms with E-state index in [1.165, 1.54) is 16.3 Å². The van der Waals surface area contributed by atoms with Gasteiger partial charge in [-0.3, -0.25) is 0 Å². The van der Waals surface area contributed by atoms with Gasteiger partial charge >= 0.3 is 0 Å².